The Kier molecular flexibility index (Phi) is 3.23. The lowest BCUT2D eigenvalue weighted by Crippen LogP contribution is -2.20. The van der Waals surface area contributed by atoms with Gasteiger partial charge in [-0.05, 0) is 13.0 Å². The first-order valence-electron chi connectivity index (χ1n) is 7.58. The van der Waals surface area contributed by atoms with E-state index in [9.17, 15) is 4.79 Å². The van der Waals surface area contributed by atoms with Gasteiger partial charge in [0.25, 0.3) is 0 Å². The van der Waals surface area contributed by atoms with E-state index in [1.807, 2.05) is 25.1 Å². The number of aromatic amines is 1. The van der Waals surface area contributed by atoms with Crippen LogP contribution in [0, 0.1) is 6.92 Å². The summed E-state index contributed by atoms with van der Waals surface area (Å²) in [6.07, 6.45) is 0. The first-order valence-corrected chi connectivity index (χ1v) is 7.58. The lowest BCUT2D eigenvalue weighted by atomic mass is 9.81. The SMILES string of the molecule is COc1ccc([C@@H]2C3=C(COC3=O)Nc3n[nH]c(C)c32)c(OC)c1. The van der Waals surface area contributed by atoms with Crippen LogP contribution in [0.2, 0.25) is 0 Å². The molecule has 1 atom stereocenters. The van der Waals surface area contributed by atoms with Crippen molar-refractivity contribution < 1.29 is 19.0 Å². The molecule has 24 heavy (non-hydrogen) atoms. The molecule has 0 aliphatic carbocycles. The first kappa shape index (κ1) is 14.6. The molecule has 2 aromatic rings. The fraction of sp³-hybridized carbons (Fsp3) is 0.294. The molecule has 2 aliphatic heterocycles. The summed E-state index contributed by atoms with van der Waals surface area (Å²) in [6, 6.07) is 5.59. The lowest BCUT2D eigenvalue weighted by Gasteiger charge is -2.25. The predicted molar refractivity (Wildman–Crippen MR) is 86.3 cm³/mol. The van der Waals surface area contributed by atoms with Crippen molar-refractivity contribution in [1.29, 1.82) is 0 Å². The van der Waals surface area contributed by atoms with Crippen LogP contribution in [-0.2, 0) is 9.53 Å². The van der Waals surface area contributed by atoms with Crippen LogP contribution in [0.4, 0.5) is 5.82 Å². The zero-order valence-electron chi connectivity index (χ0n) is 13.6. The Balaban J connectivity index is 1.95. The summed E-state index contributed by atoms with van der Waals surface area (Å²) in [5.41, 5.74) is 4.05. The molecular weight excluding hydrogens is 310 g/mol. The number of rotatable bonds is 3. The van der Waals surface area contributed by atoms with Gasteiger partial charge in [-0.15, -0.1) is 0 Å². The van der Waals surface area contributed by atoms with Crippen molar-refractivity contribution in [2.24, 2.45) is 0 Å². The molecule has 0 amide bonds. The smallest absolute Gasteiger partial charge is 0.337 e. The third-order valence-electron chi connectivity index (χ3n) is 4.49. The molecule has 2 N–H and O–H groups in total. The van der Waals surface area contributed by atoms with Crippen LogP contribution in [0.5, 0.6) is 11.5 Å². The van der Waals surface area contributed by atoms with Crippen molar-refractivity contribution >= 4 is 11.8 Å². The predicted octanol–water partition coefficient (Wildman–Crippen LogP) is 2.10. The number of fused-ring (bicyclic) bond motifs is 1. The monoisotopic (exact) mass is 327 g/mol. The average molecular weight is 327 g/mol. The molecule has 0 spiro atoms. The molecule has 7 nitrogen and oxygen atoms in total. The molecule has 0 bridgehead atoms. The molecule has 0 saturated carbocycles. The van der Waals surface area contributed by atoms with Crippen LogP contribution >= 0.6 is 0 Å². The molecule has 0 unspecified atom stereocenters. The van der Waals surface area contributed by atoms with Crippen LogP contribution in [-0.4, -0.2) is 37.0 Å². The molecule has 0 fully saturated rings. The fourth-order valence-corrected chi connectivity index (χ4v) is 3.35. The molecule has 1 aromatic carbocycles. The van der Waals surface area contributed by atoms with E-state index in [0.29, 0.717) is 22.9 Å². The third-order valence-corrected chi connectivity index (χ3v) is 4.49. The number of aryl methyl sites for hydroxylation is 1. The highest BCUT2D eigenvalue weighted by Gasteiger charge is 2.41. The second-order valence-electron chi connectivity index (χ2n) is 5.75. The van der Waals surface area contributed by atoms with E-state index in [1.165, 1.54) is 0 Å². The molecule has 2 aliphatic rings. The van der Waals surface area contributed by atoms with Gasteiger partial charge in [-0.2, -0.15) is 5.10 Å². The number of hydrogen-bond acceptors (Lipinski definition) is 6. The van der Waals surface area contributed by atoms with Crippen molar-refractivity contribution in [3.8, 4) is 11.5 Å². The lowest BCUT2D eigenvalue weighted by molar-refractivity contribution is -0.136. The Labute approximate surface area is 138 Å². The summed E-state index contributed by atoms with van der Waals surface area (Å²) in [5, 5.41) is 10.5. The number of anilines is 1. The number of H-pyrrole nitrogens is 1. The minimum atomic E-state index is -0.313. The summed E-state index contributed by atoms with van der Waals surface area (Å²) in [5.74, 6) is 1.45. The highest BCUT2D eigenvalue weighted by molar-refractivity contribution is 5.97. The van der Waals surface area contributed by atoms with Gasteiger partial charge in [0.15, 0.2) is 5.82 Å². The van der Waals surface area contributed by atoms with Gasteiger partial charge < -0.3 is 19.5 Å². The van der Waals surface area contributed by atoms with E-state index >= 15 is 0 Å². The summed E-state index contributed by atoms with van der Waals surface area (Å²) in [4.78, 5) is 12.3. The zero-order chi connectivity index (χ0) is 16.8. The topological polar surface area (TPSA) is 85.5 Å². The number of ether oxygens (including phenoxy) is 3. The summed E-state index contributed by atoms with van der Waals surface area (Å²) in [6.45, 7) is 2.16. The summed E-state index contributed by atoms with van der Waals surface area (Å²) >= 11 is 0. The number of hydrogen-bond donors (Lipinski definition) is 2. The Morgan fingerprint density at radius 2 is 2.12 bits per heavy atom. The van der Waals surface area contributed by atoms with Crippen LogP contribution in [0.3, 0.4) is 0 Å². The average Bonchev–Trinajstić information content (AvgIpc) is 3.16. The zero-order valence-corrected chi connectivity index (χ0v) is 13.6. The number of methoxy groups -OCH3 is 2. The Hall–Kier alpha value is -2.96. The normalized spacial score (nSPS) is 18.6. The van der Waals surface area contributed by atoms with E-state index in [1.54, 1.807) is 14.2 Å². The second kappa shape index (κ2) is 5.30. The number of carbonyl (C=O) groups excluding carboxylic acids is 1. The minimum Gasteiger partial charge on any atom is -0.497 e. The Bertz CT molecular complexity index is 869. The number of esters is 1. The van der Waals surface area contributed by atoms with Gasteiger partial charge >= 0.3 is 5.97 Å². The van der Waals surface area contributed by atoms with Gasteiger partial charge in [0.1, 0.15) is 18.1 Å². The molecule has 0 saturated heterocycles. The van der Waals surface area contributed by atoms with E-state index < -0.39 is 0 Å². The Morgan fingerprint density at radius 3 is 2.88 bits per heavy atom. The van der Waals surface area contributed by atoms with Crippen LogP contribution < -0.4 is 14.8 Å². The number of nitrogens with one attached hydrogen (secondary N) is 2. The molecule has 124 valence electrons. The van der Waals surface area contributed by atoms with Crippen LogP contribution in [0.1, 0.15) is 22.7 Å². The molecule has 7 heteroatoms. The van der Waals surface area contributed by atoms with E-state index in [2.05, 4.69) is 15.5 Å². The second-order valence-corrected chi connectivity index (χ2v) is 5.75. The number of nitrogens with zero attached hydrogens (tertiary/aromatic N) is 1. The first-order chi connectivity index (χ1) is 11.6. The standard InChI is InChI=1S/C17H17N3O4/c1-8-13-14(10-5-4-9(22-2)6-12(10)23-3)15-11(7-24-17(15)21)18-16(13)20-19-8/h4-6,14H,7H2,1-3H3,(H2,18,19,20)/t14-/m0/s1. The highest BCUT2D eigenvalue weighted by Crippen LogP contribution is 2.47. The third kappa shape index (κ3) is 1.97. The number of cyclic esters (lactones) is 1. The molecule has 0 radical (unpaired) electrons. The maximum atomic E-state index is 12.3. The molecular formula is C17H17N3O4. The van der Waals surface area contributed by atoms with Crippen LogP contribution in [0.15, 0.2) is 29.5 Å². The highest BCUT2D eigenvalue weighted by atomic mass is 16.5. The number of aromatic nitrogens is 2. The van der Waals surface area contributed by atoms with Gasteiger partial charge in [0, 0.05) is 22.9 Å². The van der Waals surface area contributed by atoms with Gasteiger partial charge in [-0.3, -0.25) is 5.10 Å². The number of benzene rings is 1. The van der Waals surface area contributed by atoms with Gasteiger partial charge in [0.2, 0.25) is 0 Å². The van der Waals surface area contributed by atoms with Gasteiger partial charge in [-0.1, -0.05) is 6.07 Å². The van der Waals surface area contributed by atoms with E-state index in [0.717, 1.165) is 22.5 Å². The Morgan fingerprint density at radius 1 is 1.29 bits per heavy atom. The minimum absolute atomic E-state index is 0.231. The largest absolute Gasteiger partial charge is 0.497 e. The maximum Gasteiger partial charge on any atom is 0.337 e. The molecule has 4 rings (SSSR count). The molecule has 1 aromatic heterocycles. The maximum absolute atomic E-state index is 12.3. The van der Waals surface area contributed by atoms with Gasteiger partial charge in [0.05, 0.1) is 31.4 Å². The quantitative estimate of drug-likeness (QED) is 0.840. The summed E-state index contributed by atoms with van der Waals surface area (Å²) < 4.78 is 16.1. The van der Waals surface area contributed by atoms with E-state index in [4.69, 9.17) is 14.2 Å². The van der Waals surface area contributed by atoms with Gasteiger partial charge in [-0.25, -0.2) is 4.79 Å². The van der Waals surface area contributed by atoms with Crippen molar-refractivity contribution in [2.45, 2.75) is 12.8 Å². The number of carbonyl (C=O) groups is 1. The summed E-state index contributed by atoms with van der Waals surface area (Å²) in [7, 11) is 3.21. The van der Waals surface area contributed by atoms with Crippen LogP contribution in [0.25, 0.3) is 0 Å². The molecule has 3 heterocycles. The van der Waals surface area contributed by atoms with E-state index in [-0.39, 0.29) is 18.5 Å². The van der Waals surface area contributed by atoms with Crippen molar-refractivity contribution in [3.63, 3.8) is 0 Å². The fourth-order valence-electron chi connectivity index (χ4n) is 3.35. The van der Waals surface area contributed by atoms with Crippen molar-refractivity contribution in [3.05, 3.63) is 46.3 Å². The van der Waals surface area contributed by atoms with Crippen molar-refractivity contribution in [2.75, 3.05) is 26.1 Å². The van der Waals surface area contributed by atoms with Crippen molar-refractivity contribution in [1.82, 2.24) is 10.2 Å².